The monoisotopic (exact) mass is 260 g/mol. The van der Waals surface area contributed by atoms with Crippen molar-refractivity contribution in [2.45, 2.75) is 58.8 Å². The summed E-state index contributed by atoms with van der Waals surface area (Å²) in [6, 6.07) is 0. The van der Waals surface area contributed by atoms with Gasteiger partial charge in [-0.3, -0.25) is 9.59 Å². The maximum atomic E-state index is 11.8. The standard InChI is InChI=1S/C13H24O3S/c1-7-9(2)17-8-11(14)10(3)12(15)16-13(4,5)6/h9-10H,7-8H2,1-6H3. The van der Waals surface area contributed by atoms with E-state index in [0.717, 1.165) is 6.42 Å². The first-order valence-electron chi connectivity index (χ1n) is 6.04. The van der Waals surface area contributed by atoms with Crippen molar-refractivity contribution in [3.05, 3.63) is 0 Å². The van der Waals surface area contributed by atoms with Crippen molar-refractivity contribution in [2.24, 2.45) is 5.92 Å². The normalized spacial score (nSPS) is 15.2. The van der Waals surface area contributed by atoms with Gasteiger partial charge in [-0.15, -0.1) is 0 Å². The van der Waals surface area contributed by atoms with Crippen LogP contribution in [0.15, 0.2) is 0 Å². The van der Waals surface area contributed by atoms with Crippen LogP contribution in [0.3, 0.4) is 0 Å². The van der Waals surface area contributed by atoms with E-state index < -0.39 is 17.5 Å². The average molecular weight is 260 g/mol. The zero-order valence-electron chi connectivity index (χ0n) is 11.7. The molecule has 0 spiro atoms. The summed E-state index contributed by atoms with van der Waals surface area (Å²) in [4.78, 5) is 23.4. The Morgan fingerprint density at radius 1 is 1.24 bits per heavy atom. The molecule has 0 aromatic rings. The lowest BCUT2D eigenvalue weighted by molar-refractivity contribution is -0.160. The number of carbonyl (C=O) groups is 2. The van der Waals surface area contributed by atoms with Crippen LogP contribution in [0.1, 0.15) is 48.0 Å². The second kappa shape index (κ2) is 7.04. The van der Waals surface area contributed by atoms with Crippen LogP contribution in [0.5, 0.6) is 0 Å². The number of ether oxygens (including phenoxy) is 1. The lowest BCUT2D eigenvalue weighted by atomic mass is 10.1. The van der Waals surface area contributed by atoms with E-state index in [1.807, 2.05) is 0 Å². The fourth-order valence-corrected chi connectivity index (χ4v) is 1.92. The molecular formula is C13H24O3S. The Balaban J connectivity index is 4.17. The lowest BCUT2D eigenvalue weighted by Crippen LogP contribution is -2.32. The number of rotatable bonds is 6. The minimum Gasteiger partial charge on any atom is -0.459 e. The zero-order valence-corrected chi connectivity index (χ0v) is 12.5. The third kappa shape index (κ3) is 7.42. The van der Waals surface area contributed by atoms with E-state index in [-0.39, 0.29) is 5.78 Å². The smallest absolute Gasteiger partial charge is 0.316 e. The molecule has 100 valence electrons. The van der Waals surface area contributed by atoms with Crippen LogP contribution >= 0.6 is 11.8 Å². The molecule has 0 radical (unpaired) electrons. The van der Waals surface area contributed by atoms with E-state index in [0.29, 0.717) is 11.0 Å². The predicted molar refractivity (Wildman–Crippen MR) is 72.2 cm³/mol. The summed E-state index contributed by atoms with van der Waals surface area (Å²) in [5.74, 6) is -0.752. The van der Waals surface area contributed by atoms with E-state index in [1.54, 1.807) is 39.5 Å². The van der Waals surface area contributed by atoms with Crippen LogP contribution in [-0.4, -0.2) is 28.4 Å². The highest BCUT2D eigenvalue weighted by atomic mass is 32.2. The predicted octanol–water partition coefficient (Wildman–Crippen LogP) is 3.07. The molecule has 0 saturated heterocycles. The first-order chi connectivity index (χ1) is 7.67. The van der Waals surface area contributed by atoms with Crippen molar-refractivity contribution in [1.29, 1.82) is 0 Å². The van der Waals surface area contributed by atoms with E-state index in [9.17, 15) is 9.59 Å². The van der Waals surface area contributed by atoms with Crippen molar-refractivity contribution in [3.8, 4) is 0 Å². The van der Waals surface area contributed by atoms with Crippen LogP contribution in [0.4, 0.5) is 0 Å². The zero-order chi connectivity index (χ0) is 13.6. The molecule has 2 atom stereocenters. The molecule has 0 saturated carbocycles. The topological polar surface area (TPSA) is 43.4 Å². The van der Waals surface area contributed by atoms with E-state index >= 15 is 0 Å². The Labute approximate surface area is 109 Å². The van der Waals surface area contributed by atoms with Crippen molar-refractivity contribution >= 4 is 23.5 Å². The molecule has 4 heteroatoms. The summed E-state index contributed by atoms with van der Waals surface area (Å²) in [5.41, 5.74) is -0.532. The largest absolute Gasteiger partial charge is 0.459 e. The molecule has 0 amide bonds. The van der Waals surface area contributed by atoms with Crippen LogP contribution in [0.25, 0.3) is 0 Å². The number of thioether (sulfide) groups is 1. The Bertz CT molecular complexity index is 268. The summed E-state index contributed by atoms with van der Waals surface area (Å²) in [6.45, 7) is 11.2. The quantitative estimate of drug-likeness (QED) is 0.544. The summed E-state index contributed by atoms with van der Waals surface area (Å²) in [5, 5.41) is 0.449. The van der Waals surface area contributed by atoms with Crippen LogP contribution in [0, 0.1) is 5.92 Å². The number of Topliss-reactive ketones (excluding diaryl/α,β-unsaturated/α-hetero) is 1. The van der Waals surface area contributed by atoms with Gasteiger partial charge in [0.25, 0.3) is 0 Å². The van der Waals surface area contributed by atoms with Gasteiger partial charge < -0.3 is 4.74 Å². The second-order valence-corrected chi connectivity index (χ2v) is 6.68. The fraction of sp³-hybridized carbons (Fsp3) is 0.846. The Hall–Kier alpha value is -0.510. The molecule has 0 aromatic heterocycles. The number of esters is 1. The van der Waals surface area contributed by atoms with Gasteiger partial charge in [-0.1, -0.05) is 13.8 Å². The van der Waals surface area contributed by atoms with Crippen molar-refractivity contribution < 1.29 is 14.3 Å². The SMILES string of the molecule is CCC(C)SCC(=O)C(C)C(=O)OC(C)(C)C. The van der Waals surface area contributed by atoms with Crippen LogP contribution in [0.2, 0.25) is 0 Å². The summed E-state index contributed by atoms with van der Waals surface area (Å²) >= 11 is 1.59. The molecule has 0 aliphatic heterocycles. The molecular weight excluding hydrogens is 236 g/mol. The molecule has 0 heterocycles. The maximum Gasteiger partial charge on any atom is 0.316 e. The van der Waals surface area contributed by atoms with Gasteiger partial charge in [-0.2, -0.15) is 11.8 Å². The minimum absolute atomic E-state index is 0.0513. The van der Waals surface area contributed by atoms with Gasteiger partial charge in [0.15, 0.2) is 5.78 Å². The van der Waals surface area contributed by atoms with Gasteiger partial charge in [-0.05, 0) is 34.1 Å². The number of ketones is 1. The van der Waals surface area contributed by atoms with E-state index in [2.05, 4.69) is 13.8 Å². The third-order valence-electron chi connectivity index (χ3n) is 2.33. The Morgan fingerprint density at radius 3 is 2.18 bits per heavy atom. The highest BCUT2D eigenvalue weighted by molar-refractivity contribution is 8.00. The van der Waals surface area contributed by atoms with Crippen molar-refractivity contribution in [1.82, 2.24) is 0 Å². The Kier molecular flexibility index (Phi) is 6.83. The fourth-order valence-electron chi connectivity index (χ4n) is 0.989. The molecule has 2 unspecified atom stereocenters. The van der Waals surface area contributed by atoms with Gasteiger partial charge in [0.05, 0.1) is 5.75 Å². The number of hydrogen-bond acceptors (Lipinski definition) is 4. The highest BCUT2D eigenvalue weighted by Crippen LogP contribution is 2.17. The average Bonchev–Trinajstić information content (AvgIpc) is 2.21. The lowest BCUT2D eigenvalue weighted by Gasteiger charge is -2.21. The van der Waals surface area contributed by atoms with Gasteiger partial charge in [0.1, 0.15) is 11.5 Å². The minimum atomic E-state index is -0.661. The highest BCUT2D eigenvalue weighted by Gasteiger charge is 2.26. The van der Waals surface area contributed by atoms with Gasteiger partial charge in [0, 0.05) is 5.25 Å². The van der Waals surface area contributed by atoms with Crippen LogP contribution in [-0.2, 0) is 14.3 Å². The summed E-state index contributed by atoms with van der Waals surface area (Å²) in [7, 11) is 0. The van der Waals surface area contributed by atoms with Gasteiger partial charge in [-0.25, -0.2) is 0 Å². The molecule has 0 aliphatic rings. The van der Waals surface area contributed by atoms with Crippen LogP contribution < -0.4 is 0 Å². The summed E-state index contributed by atoms with van der Waals surface area (Å²) in [6.07, 6.45) is 1.03. The third-order valence-corrected chi connectivity index (χ3v) is 3.68. The maximum absolute atomic E-state index is 11.8. The van der Waals surface area contributed by atoms with E-state index in [4.69, 9.17) is 4.74 Å². The first-order valence-corrected chi connectivity index (χ1v) is 7.09. The molecule has 0 N–H and O–H groups in total. The molecule has 0 fully saturated rings. The second-order valence-electron chi connectivity index (χ2n) is 5.25. The molecule has 0 rings (SSSR count). The molecule has 0 aromatic carbocycles. The molecule has 0 aliphatic carbocycles. The van der Waals surface area contributed by atoms with Crippen molar-refractivity contribution in [3.63, 3.8) is 0 Å². The summed E-state index contributed by atoms with van der Waals surface area (Å²) < 4.78 is 5.18. The first kappa shape index (κ1) is 16.5. The van der Waals surface area contributed by atoms with Crippen molar-refractivity contribution in [2.75, 3.05) is 5.75 Å². The molecule has 0 bridgehead atoms. The van der Waals surface area contributed by atoms with Gasteiger partial charge in [0.2, 0.25) is 0 Å². The molecule has 17 heavy (non-hydrogen) atoms. The number of carbonyl (C=O) groups excluding carboxylic acids is 2. The van der Waals surface area contributed by atoms with E-state index in [1.165, 1.54) is 0 Å². The molecule has 3 nitrogen and oxygen atoms in total. The number of hydrogen-bond donors (Lipinski definition) is 0. The van der Waals surface area contributed by atoms with Gasteiger partial charge >= 0.3 is 5.97 Å². The Morgan fingerprint density at radius 2 is 1.76 bits per heavy atom.